The molecule has 5 heteroatoms. The van der Waals surface area contributed by atoms with E-state index in [1.165, 1.54) is 32.1 Å². The average molecular weight is 299 g/mol. The predicted molar refractivity (Wildman–Crippen MR) is 83.1 cm³/mol. The number of alkyl carbamates (subject to hydrolysis) is 1. The van der Waals surface area contributed by atoms with E-state index in [4.69, 9.17) is 9.47 Å². The lowest BCUT2D eigenvalue weighted by molar-refractivity contribution is -0.140. The van der Waals surface area contributed by atoms with Gasteiger partial charge in [0, 0.05) is 12.6 Å². The zero-order chi connectivity index (χ0) is 15.9. The molecule has 0 bridgehead atoms. The van der Waals surface area contributed by atoms with Crippen molar-refractivity contribution in [2.24, 2.45) is 0 Å². The molecule has 21 heavy (non-hydrogen) atoms. The van der Waals surface area contributed by atoms with Crippen molar-refractivity contribution in [3.8, 4) is 0 Å². The van der Waals surface area contributed by atoms with Crippen LogP contribution in [-0.4, -0.2) is 31.3 Å². The van der Waals surface area contributed by atoms with Crippen LogP contribution >= 0.6 is 0 Å². The van der Waals surface area contributed by atoms with Gasteiger partial charge >= 0.3 is 12.1 Å². The third-order valence-corrected chi connectivity index (χ3v) is 2.98. The van der Waals surface area contributed by atoms with Crippen molar-refractivity contribution in [1.29, 1.82) is 0 Å². The molecule has 0 rings (SSSR count). The van der Waals surface area contributed by atoms with Crippen LogP contribution in [0, 0.1) is 0 Å². The van der Waals surface area contributed by atoms with Crippen LogP contribution in [0.25, 0.3) is 0 Å². The summed E-state index contributed by atoms with van der Waals surface area (Å²) in [5, 5.41) is 2.70. The number of esters is 1. The van der Waals surface area contributed by atoms with Crippen LogP contribution in [0.4, 0.5) is 4.79 Å². The quantitative estimate of drug-likeness (QED) is 0.340. The highest BCUT2D eigenvalue weighted by molar-refractivity contribution is 5.81. The van der Waals surface area contributed by atoms with E-state index >= 15 is 0 Å². The molecular weight excluding hydrogens is 270 g/mol. The van der Waals surface area contributed by atoms with Crippen molar-refractivity contribution in [2.75, 3.05) is 13.2 Å². The molecule has 1 amide bonds. The largest absolute Gasteiger partial charge is 0.459 e. The number of nitrogens with one attached hydrogen (secondary N) is 1. The van der Waals surface area contributed by atoms with Gasteiger partial charge in [-0.05, 0) is 13.3 Å². The maximum Gasteiger partial charge on any atom is 0.407 e. The fourth-order valence-electron chi connectivity index (χ4n) is 1.79. The van der Waals surface area contributed by atoms with Gasteiger partial charge in [0.15, 0.2) is 0 Å². The molecule has 1 N–H and O–H groups in total. The SMILES string of the molecule is C=CC(=O)OCC(C)OC(=O)NCCCCCCCCC. The second-order valence-electron chi connectivity index (χ2n) is 5.10. The minimum atomic E-state index is -0.520. The summed E-state index contributed by atoms with van der Waals surface area (Å²) in [6.45, 7) is 7.81. The molecule has 0 aliphatic carbocycles. The van der Waals surface area contributed by atoms with Gasteiger partial charge in [-0.1, -0.05) is 52.0 Å². The molecule has 0 aromatic rings. The van der Waals surface area contributed by atoms with Crippen LogP contribution in [0.15, 0.2) is 12.7 Å². The number of carbonyl (C=O) groups is 2. The monoisotopic (exact) mass is 299 g/mol. The molecule has 122 valence electrons. The highest BCUT2D eigenvalue weighted by Gasteiger charge is 2.10. The Morgan fingerprint density at radius 2 is 1.76 bits per heavy atom. The third-order valence-electron chi connectivity index (χ3n) is 2.98. The molecule has 1 atom stereocenters. The molecule has 0 aromatic carbocycles. The zero-order valence-electron chi connectivity index (χ0n) is 13.4. The van der Waals surface area contributed by atoms with E-state index in [0.29, 0.717) is 6.54 Å². The number of ether oxygens (including phenoxy) is 2. The van der Waals surface area contributed by atoms with Gasteiger partial charge in [0.05, 0.1) is 0 Å². The smallest absolute Gasteiger partial charge is 0.407 e. The van der Waals surface area contributed by atoms with Crippen LogP contribution in [-0.2, 0) is 14.3 Å². The van der Waals surface area contributed by atoms with Crippen molar-refractivity contribution in [2.45, 2.75) is 64.9 Å². The lowest BCUT2D eigenvalue weighted by Crippen LogP contribution is -2.30. The van der Waals surface area contributed by atoms with E-state index in [1.807, 2.05) is 0 Å². The molecule has 5 nitrogen and oxygen atoms in total. The van der Waals surface area contributed by atoms with Crippen molar-refractivity contribution in [3.05, 3.63) is 12.7 Å². The predicted octanol–water partition coefficient (Wildman–Crippen LogP) is 3.58. The fraction of sp³-hybridized carbons (Fsp3) is 0.750. The number of unbranched alkanes of at least 4 members (excludes halogenated alkanes) is 6. The summed E-state index contributed by atoms with van der Waals surface area (Å²) < 4.78 is 9.82. The maximum absolute atomic E-state index is 11.4. The Morgan fingerprint density at radius 3 is 2.38 bits per heavy atom. The van der Waals surface area contributed by atoms with Crippen LogP contribution in [0.3, 0.4) is 0 Å². The molecule has 0 saturated carbocycles. The summed E-state index contributed by atoms with van der Waals surface area (Å²) in [4.78, 5) is 22.3. The van der Waals surface area contributed by atoms with E-state index < -0.39 is 18.2 Å². The van der Waals surface area contributed by atoms with Crippen LogP contribution in [0.2, 0.25) is 0 Å². The Morgan fingerprint density at radius 1 is 1.14 bits per heavy atom. The highest BCUT2D eigenvalue weighted by atomic mass is 16.6. The second-order valence-corrected chi connectivity index (χ2v) is 5.10. The van der Waals surface area contributed by atoms with Crippen LogP contribution in [0.5, 0.6) is 0 Å². The van der Waals surface area contributed by atoms with E-state index in [1.54, 1.807) is 6.92 Å². The Balaban J connectivity index is 3.44. The number of carbonyl (C=O) groups excluding carboxylic acids is 2. The van der Waals surface area contributed by atoms with E-state index in [0.717, 1.165) is 18.9 Å². The highest BCUT2D eigenvalue weighted by Crippen LogP contribution is 2.06. The summed E-state index contributed by atoms with van der Waals surface area (Å²) in [6.07, 6.45) is 8.56. The van der Waals surface area contributed by atoms with Gasteiger partial charge < -0.3 is 14.8 Å². The minimum absolute atomic E-state index is 0.0374. The van der Waals surface area contributed by atoms with Gasteiger partial charge in [-0.25, -0.2) is 9.59 Å². The minimum Gasteiger partial charge on any atom is -0.459 e. The molecule has 0 aliphatic heterocycles. The number of rotatable bonds is 12. The molecular formula is C16H29NO4. The molecule has 0 radical (unpaired) electrons. The maximum atomic E-state index is 11.4. The summed E-state index contributed by atoms with van der Waals surface area (Å²) >= 11 is 0. The molecule has 0 saturated heterocycles. The summed E-state index contributed by atoms with van der Waals surface area (Å²) in [5.41, 5.74) is 0. The molecule has 0 aromatic heterocycles. The van der Waals surface area contributed by atoms with Gasteiger partial charge in [0.25, 0.3) is 0 Å². The first-order chi connectivity index (χ1) is 10.1. The first-order valence-electron chi connectivity index (χ1n) is 7.83. The van der Waals surface area contributed by atoms with Gasteiger partial charge in [0.1, 0.15) is 12.7 Å². The first kappa shape index (κ1) is 19.5. The van der Waals surface area contributed by atoms with E-state index in [2.05, 4.69) is 18.8 Å². The number of hydrogen-bond acceptors (Lipinski definition) is 4. The van der Waals surface area contributed by atoms with Gasteiger partial charge in [0.2, 0.25) is 0 Å². The molecule has 0 spiro atoms. The van der Waals surface area contributed by atoms with Crippen molar-refractivity contribution in [3.63, 3.8) is 0 Å². The summed E-state index contributed by atoms with van der Waals surface area (Å²) in [5.74, 6) is -0.520. The lowest BCUT2D eigenvalue weighted by Gasteiger charge is -2.13. The molecule has 0 aliphatic rings. The van der Waals surface area contributed by atoms with Gasteiger partial charge in [-0.15, -0.1) is 0 Å². The average Bonchev–Trinajstić information content (AvgIpc) is 2.47. The van der Waals surface area contributed by atoms with Crippen molar-refractivity contribution >= 4 is 12.1 Å². The molecule has 0 heterocycles. The zero-order valence-corrected chi connectivity index (χ0v) is 13.4. The lowest BCUT2D eigenvalue weighted by atomic mass is 10.1. The Hall–Kier alpha value is -1.52. The summed E-state index contributed by atoms with van der Waals surface area (Å²) in [7, 11) is 0. The van der Waals surface area contributed by atoms with E-state index in [9.17, 15) is 9.59 Å². The molecule has 1 unspecified atom stereocenters. The first-order valence-corrected chi connectivity index (χ1v) is 7.83. The Labute approximate surface area is 128 Å². The number of hydrogen-bond donors (Lipinski definition) is 1. The second kappa shape index (κ2) is 13.5. The number of amides is 1. The van der Waals surface area contributed by atoms with Gasteiger partial charge in [-0.2, -0.15) is 0 Å². The third kappa shape index (κ3) is 13.2. The standard InChI is InChI=1S/C16H29NO4/c1-4-6-7-8-9-10-11-12-17-16(19)21-14(3)13-20-15(18)5-2/h5,14H,2,4,6-13H2,1,3H3,(H,17,19). The Kier molecular flexibility index (Phi) is 12.5. The van der Waals surface area contributed by atoms with Crippen molar-refractivity contribution in [1.82, 2.24) is 5.32 Å². The molecule has 0 fully saturated rings. The van der Waals surface area contributed by atoms with Crippen LogP contribution in [0.1, 0.15) is 58.8 Å². The van der Waals surface area contributed by atoms with Crippen LogP contribution < -0.4 is 5.32 Å². The van der Waals surface area contributed by atoms with Gasteiger partial charge in [-0.3, -0.25) is 0 Å². The van der Waals surface area contributed by atoms with Crippen molar-refractivity contribution < 1.29 is 19.1 Å². The fourth-order valence-corrected chi connectivity index (χ4v) is 1.79. The topological polar surface area (TPSA) is 64.6 Å². The van der Waals surface area contributed by atoms with E-state index in [-0.39, 0.29) is 6.61 Å². The normalized spacial score (nSPS) is 11.5. The Bertz CT molecular complexity index is 305. The summed E-state index contributed by atoms with van der Waals surface area (Å²) in [6, 6.07) is 0.